The molecule has 1 aliphatic carbocycles. The molecule has 3 nitrogen and oxygen atoms in total. The van der Waals surface area contributed by atoms with Crippen molar-refractivity contribution in [2.45, 2.75) is 18.4 Å². The lowest BCUT2D eigenvalue weighted by Gasteiger charge is -2.04. The van der Waals surface area contributed by atoms with Crippen LogP contribution in [0.25, 0.3) is 0 Å². The van der Waals surface area contributed by atoms with Crippen molar-refractivity contribution < 1.29 is 15.0 Å². The maximum absolute atomic E-state index is 10.1. The van der Waals surface area contributed by atoms with Crippen LogP contribution in [-0.2, 0) is 4.79 Å². The van der Waals surface area contributed by atoms with Gasteiger partial charge < -0.3 is 10.2 Å². The zero-order valence-corrected chi connectivity index (χ0v) is 4.92. The van der Waals surface area contributed by atoms with Crippen LogP contribution in [0.15, 0.2) is 12.2 Å². The fourth-order valence-electron chi connectivity index (χ4n) is 0.619. The Hall–Kier alpha value is -0.830. The topological polar surface area (TPSA) is 57.5 Å². The van der Waals surface area contributed by atoms with Gasteiger partial charge in [-0.1, -0.05) is 6.58 Å². The van der Waals surface area contributed by atoms with E-state index in [1.165, 1.54) is 0 Å². The summed E-state index contributed by atoms with van der Waals surface area (Å²) in [6.07, 6.45) is 1.08. The van der Waals surface area contributed by atoms with Crippen LogP contribution in [0.4, 0.5) is 0 Å². The Labute approximate surface area is 52.6 Å². The van der Waals surface area contributed by atoms with Gasteiger partial charge in [0.25, 0.3) is 0 Å². The van der Waals surface area contributed by atoms with Gasteiger partial charge in [0.05, 0.1) is 11.2 Å². The highest BCUT2D eigenvalue weighted by atomic mass is 16.4. The normalized spacial score (nSPS) is 21.0. The highest BCUT2D eigenvalue weighted by Crippen LogP contribution is 2.40. The van der Waals surface area contributed by atoms with Crippen LogP contribution in [0.5, 0.6) is 0 Å². The number of carbonyl (C=O) groups is 1. The molecular formula is C6H8O3. The molecule has 0 aliphatic heterocycles. The minimum Gasteiger partial charge on any atom is -0.478 e. The number of carboxylic acid groups (broad SMARTS) is 1. The quantitative estimate of drug-likeness (QED) is 0.520. The third-order valence-corrected chi connectivity index (χ3v) is 1.54. The average Bonchev–Trinajstić information content (AvgIpc) is 2.47. The Bertz CT molecular complexity index is 167. The molecule has 3 heteroatoms. The van der Waals surface area contributed by atoms with Crippen LogP contribution in [-0.4, -0.2) is 21.8 Å². The maximum atomic E-state index is 10.1. The molecule has 0 aromatic carbocycles. The van der Waals surface area contributed by atoms with Crippen molar-refractivity contribution in [2.75, 3.05) is 0 Å². The van der Waals surface area contributed by atoms with Crippen LogP contribution < -0.4 is 0 Å². The fourth-order valence-corrected chi connectivity index (χ4v) is 0.619. The molecule has 1 rings (SSSR count). The molecule has 0 amide bonds. The summed E-state index contributed by atoms with van der Waals surface area (Å²) in [5.41, 5.74) is -1.14. The highest BCUT2D eigenvalue weighted by Gasteiger charge is 2.45. The van der Waals surface area contributed by atoms with E-state index in [4.69, 9.17) is 10.2 Å². The van der Waals surface area contributed by atoms with Gasteiger partial charge in [-0.3, -0.25) is 0 Å². The van der Waals surface area contributed by atoms with Gasteiger partial charge in [-0.25, -0.2) is 4.79 Å². The van der Waals surface area contributed by atoms with Crippen molar-refractivity contribution >= 4 is 5.97 Å². The molecule has 0 atom stereocenters. The number of rotatable bonds is 2. The predicted molar refractivity (Wildman–Crippen MR) is 31.0 cm³/mol. The minimum atomic E-state index is -1.10. The molecular weight excluding hydrogens is 120 g/mol. The van der Waals surface area contributed by atoms with E-state index in [9.17, 15) is 4.79 Å². The van der Waals surface area contributed by atoms with Crippen molar-refractivity contribution in [3.8, 4) is 0 Å². The number of aliphatic hydroxyl groups is 1. The lowest BCUT2D eigenvalue weighted by Crippen LogP contribution is -2.17. The summed E-state index contributed by atoms with van der Waals surface area (Å²) in [6.45, 7) is 3.24. The van der Waals surface area contributed by atoms with E-state index in [1.807, 2.05) is 0 Å². The monoisotopic (exact) mass is 128 g/mol. The van der Waals surface area contributed by atoms with Crippen LogP contribution in [0.3, 0.4) is 0 Å². The lowest BCUT2D eigenvalue weighted by molar-refractivity contribution is -0.133. The minimum absolute atomic E-state index is 0.0810. The molecule has 0 aromatic rings. The molecule has 0 radical (unpaired) electrons. The third kappa shape index (κ3) is 0.954. The number of carboxylic acids is 1. The van der Waals surface area contributed by atoms with Gasteiger partial charge in [0, 0.05) is 0 Å². The maximum Gasteiger partial charge on any atom is 0.333 e. The molecule has 9 heavy (non-hydrogen) atoms. The van der Waals surface area contributed by atoms with Gasteiger partial charge in [-0.15, -0.1) is 0 Å². The van der Waals surface area contributed by atoms with Crippen molar-refractivity contribution in [1.29, 1.82) is 0 Å². The molecule has 1 fully saturated rings. The third-order valence-electron chi connectivity index (χ3n) is 1.54. The van der Waals surface area contributed by atoms with E-state index < -0.39 is 11.6 Å². The Morgan fingerprint density at radius 2 is 2.00 bits per heavy atom. The van der Waals surface area contributed by atoms with Gasteiger partial charge >= 0.3 is 5.97 Å². The van der Waals surface area contributed by atoms with Gasteiger partial charge in [-0.2, -0.15) is 0 Å². The second-order valence-corrected chi connectivity index (χ2v) is 2.32. The first-order chi connectivity index (χ1) is 4.06. The SMILES string of the molecule is C=C(C(=O)O)C1(O)CC1. The molecule has 0 saturated heterocycles. The first-order valence-electron chi connectivity index (χ1n) is 2.71. The predicted octanol–water partition coefficient (Wildman–Crippen LogP) is 0.152. The zero-order valence-electron chi connectivity index (χ0n) is 4.92. The summed E-state index contributed by atoms with van der Waals surface area (Å²) in [7, 11) is 0. The fraction of sp³-hybridized carbons (Fsp3) is 0.500. The van der Waals surface area contributed by atoms with Crippen molar-refractivity contribution in [1.82, 2.24) is 0 Å². The van der Waals surface area contributed by atoms with Gasteiger partial charge in [0.2, 0.25) is 0 Å². The van der Waals surface area contributed by atoms with E-state index in [1.54, 1.807) is 0 Å². The average molecular weight is 128 g/mol. The molecule has 50 valence electrons. The zero-order chi connectivity index (χ0) is 7.07. The van der Waals surface area contributed by atoms with Crippen LogP contribution in [0, 0.1) is 0 Å². The second-order valence-electron chi connectivity index (χ2n) is 2.32. The smallest absolute Gasteiger partial charge is 0.333 e. The van der Waals surface area contributed by atoms with Crippen molar-refractivity contribution in [2.24, 2.45) is 0 Å². The molecule has 1 aliphatic rings. The number of hydrogen-bond acceptors (Lipinski definition) is 2. The lowest BCUT2D eigenvalue weighted by atomic mass is 10.1. The summed E-state index contributed by atoms with van der Waals surface area (Å²) < 4.78 is 0. The summed E-state index contributed by atoms with van der Waals surface area (Å²) in [4.78, 5) is 10.1. The van der Waals surface area contributed by atoms with Crippen LogP contribution >= 0.6 is 0 Å². The summed E-state index contributed by atoms with van der Waals surface area (Å²) in [5.74, 6) is -1.10. The Morgan fingerprint density at radius 1 is 1.56 bits per heavy atom. The molecule has 0 bridgehead atoms. The van der Waals surface area contributed by atoms with E-state index in [0.29, 0.717) is 12.8 Å². The Kier molecular flexibility index (Phi) is 1.10. The highest BCUT2D eigenvalue weighted by molar-refractivity contribution is 5.88. The first kappa shape index (κ1) is 6.29. The summed E-state index contributed by atoms with van der Waals surface area (Å²) in [6, 6.07) is 0. The summed E-state index contributed by atoms with van der Waals surface area (Å²) in [5, 5.41) is 17.4. The van der Waals surface area contributed by atoms with Crippen molar-refractivity contribution in [3.05, 3.63) is 12.2 Å². The number of hydrogen-bond donors (Lipinski definition) is 2. The van der Waals surface area contributed by atoms with E-state index in [2.05, 4.69) is 6.58 Å². The number of aliphatic carboxylic acids is 1. The molecule has 1 saturated carbocycles. The molecule has 0 spiro atoms. The first-order valence-corrected chi connectivity index (χ1v) is 2.71. The summed E-state index contributed by atoms with van der Waals surface area (Å²) >= 11 is 0. The van der Waals surface area contributed by atoms with Crippen molar-refractivity contribution in [3.63, 3.8) is 0 Å². The van der Waals surface area contributed by atoms with Crippen LogP contribution in [0.2, 0.25) is 0 Å². The standard InChI is InChI=1S/C6H8O3/c1-4(5(7)8)6(9)2-3-6/h9H,1-3H2,(H,7,8). The molecule has 0 unspecified atom stereocenters. The second kappa shape index (κ2) is 1.57. The Morgan fingerprint density at radius 3 is 2.11 bits per heavy atom. The largest absolute Gasteiger partial charge is 0.478 e. The molecule has 0 heterocycles. The van der Waals surface area contributed by atoms with Gasteiger partial charge in [0.15, 0.2) is 0 Å². The van der Waals surface area contributed by atoms with Gasteiger partial charge in [0.1, 0.15) is 0 Å². The van der Waals surface area contributed by atoms with E-state index in [0.717, 1.165) is 0 Å². The molecule has 0 aromatic heterocycles. The van der Waals surface area contributed by atoms with E-state index >= 15 is 0 Å². The molecule has 2 N–H and O–H groups in total. The van der Waals surface area contributed by atoms with Gasteiger partial charge in [-0.05, 0) is 12.8 Å². The Balaban J connectivity index is 2.63. The van der Waals surface area contributed by atoms with Crippen LogP contribution in [0.1, 0.15) is 12.8 Å². The van der Waals surface area contributed by atoms with E-state index in [-0.39, 0.29) is 5.57 Å².